The Hall–Kier alpha value is -1.38. The van der Waals surface area contributed by atoms with Crippen LogP contribution < -0.4 is 24.8 Å². The Balaban J connectivity index is 0.00000361. The van der Waals surface area contributed by atoms with Crippen LogP contribution in [0.2, 0.25) is 0 Å². The van der Waals surface area contributed by atoms with E-state index in [1.807, 2.05) is 19.2 Å². The van der Waals surface area contributed by atoms with Gasteiger partial charge in [-0.05, 0) is 0 Å². The minimum atomic E-state index is 0. The Morgan fingerprint density at radius 1 is 1.10 bits per heavy atom. The molecule has 7 heteroatoms. The predicted octanol–water partition coefficient (Wildman–Crippen LogP) is 1.50. The van der Waals surface area contributed by atoms with Crippen LogP contribution in [-0.4, -0.2) is 47.4 Å². The molecule has 114 valence electrons. The fourth-order valence-electron chi connectivity index (χ4n) is 1.48. The van der Waals surface area contributed by atoms with E-state index in [0.717, 1.165) is 5.96 Å². The summed E-state index contributed by atoms with van der Waals surface area (Å²) in [6.45, 7) is 1.16. The summed E-state index contributed by atoms with van der Waals surface area (Å²) in [5.41, 5.74) is 0. The van der Waals surface area contributed by atoms with E-state index < -0.39 is 0 Å². The maximum atomic E-state index is 5.63. The molecule has 0 saturated heterocycles. The molecule has 0 aliphatic carbocycles. The molecule has 0 aliphatic heterocycles. The van der Waals surface area contributed by atoms with Crippen LogP contribution in [0.3, 0.4) is 0 Å². The van der Waals surface area contributed by atoms with E-state index in [0.29, 0.717) is 30.4 Å². The van der Waals surface area contributed by atoms with Crippen molar-refractivity contribution in [2.24, 2.45) is 4.99 Å². The van der Waals surface area contributed by atoms with Gasteiger partial charge in [0, 0.05) is 32.3 Å². The van der Waals surface area contributed by atoms with Crippen LogP contribution in [0.1, 0.15) is 0 Å². The smallest absolute Gasteiger partial charge is 0.190 e. The quantitative estimate of drug-likeness (QED) is 0.331. The number of hydrogen-bond donors (Lipinski definition) is 2. The predicted molar refractivity (Wildman–Crippen MR) is 90.9 cm³/mol. The SMILES string of the molecule is CN=C(NC)NCCOc1cc(OC)cc(OC)c1.I. The van der Waals surface area contributed by atoms with Crippen LogP contribution in [0.5, 0.6) is 17.2 Å². The van der Waals surface area contributed by atoms with Crippen LogP contribution in [0.25, 0.3) is 0 Å². The van der Waals surface area contributed by atoms with Gasteiger partial charge in [0.1, 0.15) is 23.9 Å². The molecule has 0 heterocycles. The first kappa shape index (κ1) is 18.6. The molecule has 0 bridgehead atoms. The zero-order valence-corrected chi connectivity index (χ0v) is 14.6. The molecule has 0 unspecified atom stereocenters. The molecule has 20 heavy (non-hydrogen) atoms. The summed E-state index contributed by atoms with van der Waals surface area (Å²) in [5.74, 6) is 2.84. The molecule has 0 aromatic heterocycles. The maximum absolute atomic E-state index is 5.63. The average Bonchev–Trinajstić information content (AvgIpc) is 2.47. The largest absolute Gasteiger partial charge is 0.496 e. The molecular formula is C13H22IN3O3. The summed E-state index contributed by atoms with van der Waals surface area (Å²) in [6, 6.07) is 5.43. The Morgan fingerprint density at radius 2 is 1.65 bits per heavy atom. The Morgan fingerprint density at radius 3 is 2.10 bits per heavy atom. The first-order chi connectivity index (χ1) is 9.23. The van der Waals surface area contributed by atoms with Crippen LogP contribution in [0, 0.1) is 0 Å². The summed E-state index contributed by atoms with van der Waals surface area (Å²) < 4.78 is 16.0. The van der Waals surface area contributed by atoms with Gasteiger partial charge in [0.05, 0.1) is 20.8 Å². The lowest BCUT2D eigenvalue weighted by Crippen LogP contribution is -2.37. The van der Waals surface area contributed by atoms with Crippen molar-refractivity contribution >= 4 is 29.9 Å². The van der Waals surface area contributed by atoms with Crippen molar-refractivity contribution < 1.29 is 14.2 Å². The van der Waals surface area contributed by atoms with E-state index in [4.69, 9.17) is 14.2 Å². The van der Waals surface area contributed by atoms with Gasteiger partial charge in [0.15, 0.2) is 5.96 Å². The van der Waals surface area contributed by atoms with Crippen molar-refractivity contribution in [3.8, 4) is 17.2 Å². The fraction of sp³-hybridized carbons (Fsp3) is 0.462. The standard InChI is InChI=1S/C13H21N3O3.HI/c1-14-13(15-2)16-5-6-19-12-8-10(17-3)7-11(9-12)18-4;/h7-9H,5-6H2,1-4H3,(H2,14,15,16);1H. The van der Waals surface area contributed by atoms with Crippen LogP contribution in [0.15, 0.2) is 23.2 Å². The van der Waals surface area contributed by atoms with Gasteiger partial charge < -0.3 is 24.8 Å². The molecule has 6 nitrogen and oxygen atoms in total. The van der Waals surface area contributed by atoms with Crippen LogP contribution in [-0.2, 0) is 0 Å². The third-order valence-electron chi connectivity index (χ3n) is 2.45. The topological polar surface area (TPSA) is 64.1 Å². The minimum absolute atomic E-state index is 0. The van der Waals surface area contributed by atoms with Crippen LogP contribution >= 0.6 is 24.0 Å². The van der Waals surface area contributed by atoms with Crippen molar-refractivity contribution in [3.63, 3.8) is 0 Å². The molecule has 0 amide bonds. The Bertz CT molecular complexity index is 405. The number of nitrogens with zero attached hydrogens (tertiary/aromatic N) is 1. The number of nitrogens with one attached hydrogen (secondary N) is 2. The average molecular weight is 395 g/mol. The Kier molecular flexibility index (Phi) is 9.69. The molecule has 0 spiro atoms. The van der Waals surface area contributed by atoms with Crippen molar-refractivity contribution in [2.75, 3.05) is 41.5 Å². The number of guanidine groups is 1. The van der Waals surface area contributed by atoms with Gasteiger partial charge in [-0.2, -0.15) is 0 Å². The zero-order valence-electron chi connectivity index (χ0n) is 12.2. The highest BCUT2D eigenvalue weighted by molar-refractivity contribution is 14.0. The van der Waals surface area contributed by atoms with Crippen molar-refractivity contribution in [1.82, 2.24) is 10.6 Å². The van der Waals surface area contributed by atoms with Gasteiger partial charge in [-0.15, -0.1) is 24.0 Å². The van der Waals surface area contributed by atoms with Gasteiger partial charge in [-0.1, -0.05) is 0 Å². The minimum Gasteiger partial charge on any atom is -0.496 e. The second kappa shape index (κ2) is 10.4. The Labute approximate surface area is 136 Å². The van der Waals surface area contributed by atoms with Gasteiger partial charge >= 0.3 is 0 Å². The lowest BCUT2D eigenvalue weighted by molar-refractivity contribution is 0.315. The number of ether oxygens (including phenoxy) is 3. The van der Waals surface area contributed by atoms with E-state index in [2.05, 4.69) is 15.6 Å². The molecule has 0 aliphatic rings. The van der Waals surface area contributed by atoms with E-state index in [-0.39, 0.29) is 24.0 Å². The second-order valence-electron chi connectivity index (χ2n) is 3.65. The highest BCUT2D eigenvalue weighted by Crippen LogP contribution is 2.27. The van der Waals surface area contributed by atoms with Crippen LogP contribution in [0.4, 0.5) is 0 Å². The maximum Gasteiger partial charge on any atom is 0.190 e. The number of aliphatic imine (C=N–C) groups is 1. The van der Waals surface area contributed by atoms with Crippen molar-refractivity contribution in [2.45, 2.75) is 0 Å². The van der Waals surface area contributed by atoms with E-state index in [1.54, 1.807) is 27.3 Å². The first-order valence-electron chi connectivity index (χ1n) is 5.97. The zero-order chi connectivity index (χ0) is 14.1. The molecule has 0 fully saturated rings. The molecule has 2 N–H and O–H groups in total. The highest BCUT2D eigenvalue weighted by atomic mass is 127. The molecule has 1 rings (SSSR count). The molecular weight excluding hydrogens is 373 g/mol. The normalized spacial score (nSPS) is 10.3. The van der Waals surface area contributed by atoms with Gasteiger partial charge in [0.2, 0.25) is 0 Å². The molecule has 1 aromatic rings. The van der Waals surface area contributed by atoms with Gasteiger partial charge in [-0.25, -0.2) is 0 Å². The van der Waals surface area contributed by atoms with Gasteiger partial charge in [0.25, 0.3) is 0 Å². The van der Waals surface area contributed by atoms with E-state index >= 15 is 0 Å². The van der Waals surface area contributed by atoms with Crippen molar-refractivity contribution in [1.29, 1.82) is 0 Å². The number of methoxy groups -OCH3 is 2. The molecule has 0 atom stereocenters. The highest BCUT2D eigenvalue weighted by Gasteiger charge is 2.02. The lowest BCUT2D eigenvalue weighted by atomic mass is 10.3. The van der Waals surface area contributed by atoms with Gasteiger partial charge in [-0.3, -0.25) is 4.99 Å². The van der Waals surface area contributed by atoms with E-state index in [1.165, 1.54) is 0 Å². The monoisotopic (exact) mass is 395 g/mol. The summed E-state index contributed by atoms with van der Waals surface area (Å²) in [6.07, 6.45) is 0. The fourth-order valence-corrected chi connectivity index (χ4v) is 1.48. The number of halogens is 1. The molecule has 0 saturated carbocycles. The lowest BCUT2D eigenvalue weighted by Gasteiger charge is -2.11. The third-order valence-corrected chi connectivity index (χ3v) is 2.45. The molecule has 1 aromatic carbocycles. The number of benzene rings is 1. The summed E-state index contributed by atoms with van der Waals surface area (Å²) >= 11 is 0. The summed E-state index contributed by atoms with van der Waals surface area (Å²) in [7, 11) is 6.74. The molecule has 0 radical (unpaired) electrons. The summed E-state index contributed by atoms with van der Waals surface area (Å²) in [5, 5.41) is 6.03. The van der Waals surface area contributed by atoms with E-state index in [9.17, 15) is 0 Å². The third kappa shape index (κ3) is 6.18. The second-order valence-corrected chi connectivity index (χ2v) is 3.65. The summed E-state index contributed by atoms with van der Waals surface area (Å²) in [4.78, 5) is 4.00. The van der Waals surface area contributed by atoms with Crippen molar-refractivity contribution in [3.05, 3.63) is 18.2 Å². The first-order valence-corrected chi connectivity index (χ1v) is 5.97. The number of hydrogen-bond acceptors (Lipinski definition) is 4. The number of rotatable bonds is 6.